The molecule has 0 unspecified atom stereocenters. The van der Waals surface area contributed by atoms with E-state index in [9.17, 15) is 13.2 Å². The SMILES string of the molecule is C=C(COc1ccc(CO)cc1)N1CC[C@H](Oc2cccnc2C(F)(F)F)C1. The maximum absolute atomic E-state index is 13.0. The van der Waals surface area contributed by atoms with Crippen molar-refractivity contribution >= 4 is 0 Å². The molecule has 1 saturated heterocycles. The molecule has 0 bridgehead atoms. The van der Waals surface area contributed by atoms with Gasteiger partial charge in [0.2, 0.25) is 0 Å². The summed E-state index contributed by atoms with van der Waals surface area (Å²) >= 11 is 0. The number of alkyl halides is 3. The number of hydrogen-bond donors (Lipinski definition) is 1. The van der Waals surface area contributed by atoms with E-state index in [4.69, 9.17) is 14.6 Å². The molecule has 1 aromatic heterocycles. The Bertz CT molecular complexity index is 809. The number of aliphatic hydroxyl groups excluding tert-OH is 1. The van der Waals surface area contributed by atoms with E-state index in [1.807, 2.05) is 4.90 Å². The number of nitrogens with zero attached hydrogens (tertiary/aromatic N) is 2. The van der Waals surface area contributed by atoms with E-state index in [0.29, 0.717) is 25.3 Å². The lowest BCUT2D eigenvalue weighted by Gasteiger charge is -2.22. The second kappa shape index (κ2) is 8.52. The summed E-state index contributed by atoms with van der Waals surface area (Å²) in [5.74, 6) is 0.392. The minimum Gasteiger partial charge on any atom is -0.487 e. The number of likely N-dealkylation sites (tertiary alicyclic amines) is 1. The average molecular weight is 394 g/mol. The van der Waals surface area contributed by atoms with E-state index in [2.05, 4.69) is 11.6 Å². The van der Waals surface area contributed by atoms with Gasteiger partial charge in [-0.05, 0) is 29.8 Å². The molecule has 2 heterocycles. The van der Waals surface area contributed by atoms with Crippen molar-refractivity contribution in [1.29, 1.82) is 0 Å². The van der Waals surface area contributed by atoms with E-state index >= 15 is 0 Å². The Kier molecular flexibility index (Phi) is 6.08. The van der Waals surface area contributed by atoms with E-state index in [1.54, 1.807) is 24.3 Å². The lowest BCUT2D eigenvalue weighted by molar-refractivity contribution is -0.142. The molecule has 1 aliphatic rings. The van der Waals surface area contributed by atoms with Gasteiger partial charge in [-0.25, -0.2) is 4.98 Å². The van der Waals surface area contributed by atoms with Crippen LogP contribution in [-0.2, 0) is 12.8 Å². The molecular weight excluding hydrogens is 373 g/mol. The monoisotopic (exact) mass is 394 g/mol. The highest BCUT2D eigenvalue weighted by molar-refractivity contribution is 5.30. The second-order valence-electron chi connectivity index (χ2n) is 6.48. The molecule has 1 fully saturated rings. The third-order valence-electron chi connectivity index (χ3n) is 4.44. The van der Waals surface area contributed by atoms with E-state index in [-0.39, 0.29) is 25.1 Å². The van der Waals surface area contributed by atoms with Crippen LogP contribution in [0.5, 0.6) is 11.5 Å². The van der Waals surface area contributed by atoms with Crippen LogP contribution in [0.3, 0.4) is 0 Å². The van der Waals surface area contributed by atoms with Gasteiger partial charge in [0.25, 0.3) is 0 Å². The van der Waals surface area contributed by atoms with Crippen LogP contribution >= 0.6 is 0 Å². The van der Waals surface area contributed by atoms with Crippen molar-refractivity contribution in [2.24, 2.45) is 0 Å². The number of rotatable bonds is 7. The van der Waals surface area contributed by atoms with Gasteiger partial charge < -0.3 is 19.5 Å². The third-order valence-corrected chi connectivity index (χ3v) is 4.44. The molecule has 0 saturated carbocycles. The fraction of sp³-hybridized carbons (Fsp3) is 0.350. The lowest BCUT2D eigenvalue weighted by atomic mass is 10.2. The second-order valence-corrected chi connectivity index (χ2v) is 6.48. The van der Waals surface area contributed by atoms with Crippen LogP contribution in [0, 0.1) is 0 Å². The van der Waals surface area contributed by atoms with Gasteiger partial charge in [-0.2, -0.15) is 13.2 Å². The van der Waals surface area contributed by atoms with E-state index in [0.717, 1.165) is 17.5 Å². The number of ether oxygens (including phenoxy) is 2. The quantitative estimate of drug-likeness (QED) is 0.777. The Morgan fingerprint density at radius 1 is 1.25 bits per heavy atom. The highest BCUT2D eigenvalue weighted by Gasteiger charge is 2.37. The molecule has 1 atom stereocenters. The van der Waals surface area contributed by atoms with Crippen molar-refractivity contribution in [3.8, 4) is 11.5 Å². The Morgan fingerprint density at radius 2 is 2.00 bits per heavy atom. The van der Waals surface area contributed by atoms with Crippen molar-refractivity contribution in [3.05, 3.63) is 66.1 Å². The van der Waals surface area contributed by atoms with Gasteiger partial charge in [0.05, 0.1) is 13.2 Å². The molecule has 1 N–H and O–H groups in total. The molecular formula is C20H21F3N2O3. The zero-order valence-electron chi connectivity index (χ0n) is 15.2. The van der Waals surface area contributed by atoms with Crippen LogP contribution < -0.4 is 9.47 Å². The first kappa shape index (κ1) is 20.0. The van der Waals surface area contributed by atoms with Gasteiger partial charge in [0, 0.05) is 24.9 Å². The van der Waals surface area contributed by atoms with E-state index < -0.39 is 11.9 Å². The highest BCUT2D eigenvalue weighted by atomic mass is 19.4. The summed E-state index contributed by atoms with van der Waals surface area (Å²) in [7, 11) is 0. The number of benzene rings is 1. The predicted octanol–water partition coefficient (Wildman–Crippen LogP) is 3.64. The van der Waals surface area contributed by atoms with Crippen molar-refractivity contribution in [1.82, 2.24) is 9.88 Å². The standard InChI is InChI=1S/C20H21F3N2O3/c1-14(13-27-16-6-4-15(12-26)5-7-16)25-10-8-17(11-25)28-18-3-2-9-24-19(18)20(21,22)23/h2-7,9,17,26H,1,8,10-13H2/t17-/m0/s1. The Labute approximate surface area is 161 Å². The van der Waals surface area contributed by atoms with Gasteiger partial charge in [0.15, 0.2) is 11.4 Å². The Morgan fingerprint density at radius 3 is 2.68 bits per heavy atom. The normalized spacial score (nSPS) is 16.9. The number of pyridine rings is 1. The molecule has 150 valence electrons. The first-order chi connectivity index (χ1) is 13.4. The van der Waals surface area contributed by atoms with Crippen LogP contribution in [0.15, 0.2) is 54.9 Å². The third kappa shape index (κ3) is 4.95. The fourth-order valence-electron chi connectivity index (χ4n) is 2.94. The largest absolute Gasteiger partial charge is 0.487 e. The van der Waals surface area contributed by atoms with Crippen LogP contribution in [0.4, 0.5) is 13.2 Å². The summed E-state index contributed by atoms with van der Waals surface area (Å²) in [6.07, 6.45) is -3.26. The lowest BCUT2D eigenvalue weighted by Crippen LogP contribution is -2.27. The van der Waals surface area contributed by atoms with Crippen molar-refractivity contribution in [2.45, 2.75) is 25.3 Å². The molecule has 2 aromatic rings. The molecule has 0 spiro atoms. The van der Waals surface area contributed by atoms with Crippen molar-refractivity contribution in [3.63, 3.8) is 0 Å². The molecule has 0 aliphatic carbocycles. The molecule has 28 heavy (non-hydrogen) atoms. The molecule has 8 heteroatoms. The molecule has 1 aliphatic heterocycles. The summed E-state index contributed by atoms with van der Waals surface area (Å²) in [6.45, 7) is 5.27. The summed E-state index contributed by atoms with van der Waals surface area (Å²) in [5.41, 5.74) is 0.501. The first-order valence-electron chi connectivity index (χ1n) is 8.81. The number of hydrogen-bond acceptors (Lipinski definition) is 5. The highest BCUT2D eigenvalue weighted by Crippen LogP contribution is 2.35. The van der Waals surface area contributed by atoms with Gasteiger partial charge in [-0.15, -0.1) is 0 Å². The van der Waals surface area contributed by atoms with Gasteiger partial charge in [-0.3, -0.25) is 0 Å². The minimum absolute atomic E-state index is 0.0326. The van der Waals surface area contributed by atoms with Gasteiger partial charge >= 0.3 is 6.18 Å². The van der Waals surface area contributed by atoms with Gasteiger partial charge in [-0.1, -0.05) is 18.7 Å². The topological polar surface area (TPSA) is 54.8 Å². The molecule has 0 radical (unpaired) electrons. The fourth-order valence-corrected chi connectivity index (χ4v) is 2.94. The number of aliphatic hydroxyl groups is 1. The smallest absolute Gasteiger partial charge is 0.437 e. The summed E-state index contributed by atoms with van der Waals surface area (Å²) in [4.78, 5) is 5.35. The summed E-state index contributed by atoms with van der Waals surface area (Å²) in [5, 5.41) is 9.04. The maximum atomic E-state index is 13.0. The zero-order chi connectivity index (χ0) is 20.1. The summed E-state index contributed by atoms with van der Waals surface area (Å²) in [6, 6.07) is 9.76. The molecule has 5 nitrogen and oxygen atoms in total. The van der Waals surface area contributed by atoms with Crippen LogP contribution in [-0.4, -0.2) is 40.8 Å². The maximum Gasteiger partial charge on any atom is 0.437 e. The van der Waals surface area contributed by atoms with Crippen LogP contribution in [0.2, 0.25) is 0 Å². The number of aromatic nitrogens is 1. The van der Waals surface area contributed by atoms with E-state index in [1.165, 1.54) is 12.1 Å². The molecule has 1 aromatic carbocycles. The predicted molar refractivity (Wildman–Crippen MR) is 96.8 cm³/mol. The summed E-state index contributed by atoms with van der Waals surface area (Å²) < 4.78 is 50.4. The molecule has 3 rings (SSSR count). The number of halogens is 3. The van der Waals surface area contributed by atoms with Gasteiger partial charge in [0.1, 0.15) is 18.5 Å². The van der Waals surface area contributed by atoms with Crippen LogP contribution in [0.1, 0.15) is 17.7 Å². The zero-order valence-corrected chi connectivity index (χ0v) is 15.2. The average Bonchev–Trinajstić information content (AvgIpc) is 3.14. The Hall–Kier alpha value is -2.74. The van der Waals surface area contributed by atoms with Crippen LogP contribution in [0.25, 0.3) is 0 Å². The minimum atomic E-state index is -4.56. The first-order valence-corrected chi connectivity index (χ1v) is 8.81. The molecule has 0 amide bonds. The van der Waals surface area contributed by atoms with Crippen molar-refractivity contribution < 1.29 is 27.8 Å². The van der Waals surface area contributed by atoms with Crippen molar-refractivity contribution in [2.75, 3.05) is 19.7 Å². The Balaban J connectivity index is 1.53.